The third kappa shape index (κ3) is 5.12. The second-order valence-electron chi connectivity index (χ2n) is 5.90. The zero-order valence-electron chi connectivity index (χ0n) is 12.7. The molecule has 1 unspecified atom stereocenters. The molecular weight excluding hydrogens is 256 g/mol. The van der Waals surface area contributed by atoms with Gasteiger partial charge in [-0.2, -0.15) is 0 Å². The molecule has 5 nitrogen and oxygen atoms in total. The Balaban J connectivity index is 2.37. The summed E-state index contributed by atoms with van der Waals surface area (Å²) in [5.41, 5.74) is 5.84. The van der Waals surface area contributed by atoms with Gasteiger partial charge in [-0.05, 0) is 31.7 Å². The molecule has 3 N–H and O–H groups in total. The van der Waals surface area contributed by atoms with Crippen LogP contribution in [0.2, 0.25) is 0 Å². The van der Waals surface area contributed by atoms with Gasteiger partial charge in [0, 0.05) is 13.0 Å². The molecule has 1 rings (SSSR count). The highest BCUT2D eigenvalue weighted by atomic mass is 16.5. The van der Waals surface area contributed by atoms with Gasteiger partial charge in [0.05, 0.1) is 12.5 Å². The highest BCUT2D eigenvalue weighted by molar-refractivity contribution is 5.78. The number of rotatable bonds is 7. The van der Waals surface area contributed by atoms with E-state index in [1.807, 2.05) is 0 Å². The Morgan fingerprint density at radius 3 is 2.50 bits per heavy atom. The van der Waals surface area contributed by atoms with E-state index in [4.69, 9.17) is 10.5 Å². The molecule has 1 aliphatic rings. The fraction of sp³-hybridized carbons (Fsp3) is 0.867. The molecule has 1 saturated carbocycles. The van der Waals surface area contributed by atoms with Crippen LogP contribution in [0.3, 0.4) is 0 Å². The molecule has 0 saturated heterocycles. The molecule has 0 aromatic rings. The minimum absolute atomic E-state index is 0.00602. The number of amides is 1. The Morgan fingerprint density at radius 1 is 1.30 bits per heavy atom. The Labute approximate surface area is 121 Å². The van der Waals surface area contributed by atoms with Gasteiger partial charge >= 0.3 is 5.97 Å². The van der Waals surface area contributed by atoms with Crippen LogP contribution in [0.4, 0.5) is 0 Å². The van der Waals surface area contributed by atoms with E-state index in [1.54, 1.807) is 13.8 Å². The van der Waals surface area contributed by atoms with E-state index in [2.05, 4.69) is 5.32 Å². The van der Waals surface area contributed by atoms with Crippen molar-refractivity contribution in [2.75, 3.05) is 19.7 Å². The molecule has 1 aliphatic carbocycles. The van der Waals surface area contributed by atoms with Crippen molar-refractivity contribution >= 4 is 11.9 Å². The van der Waals surface area contributed by atoms with E-state index in [0.717, 1.165) is 25.7 Å². The lowest BCUT2D eigenvalue weighted by molar-refractivity contribution is -0.147. The molecule has 0 aliphatic heterocycles. The lowest BCUT2D eigenvalue weighted by Crippen LogP contribution is -2.40. The van der Waals surface area contributed by atoms with E-state index < -0.39 is 0 Å². The molecule has 0 radical (unpaired) electrons. The molecule has 0 heterocycles. The number of hydrogen-bond acceptors (Lipinski definition) is 4. The monoisotopic (exact) mass is 284 g/mol. The molecule has 1 fully saturated rings. The molecule has 1 amide bonds. The van der Waals surface area contributed by atoms with Gasteiger partial charge in [0.15, 0.2) is 0 Å². The summed E-state index contributed by atoms with van der Waals surface area (Å²) >= 11 is 0. The van der Waals surface area contributed by atoms with Crippen molar-refractivity contribution in [3.05, 3.63) is 0 Å². The summed E-state index contributed by atoms with van der Waals surface area (Å²) < 4.78 is 4.92. The van der Waals surface area contributed by atoms with Crippen molar-refractivity contribution < 1.29 is 14.3 Å². The van der Waals surface area contributed by atoms with Crippen molar-refractivity contribution in [2.24, 2.45) is 17.1 Å². The molecule has 0 bridgehead atoms. The van der Waals surface area contributed by atoms with E-state index in [-0.39, 0.29) is 23.2 Å². The number of hydrogen-bond donors (Lipinski definition) is 2. The number of esters is 1. The summed E-state index contributed by atoms with van der Waals surface area (Å²) in [6, 6.07) is 0. The zero-order chi connectivity index (χ0) is 15.0. The fourth-order valence-electron chi connectivity index (χ4n) is 2.79. The van der Waals surface area contributed by atoms with Gasteiger partial charge in [-0.3, -0.25) is 9.59 Å². The van der Waals surface area contributed by atoms with Crippen LogP contribution >= 0.6 is 0 Å². The highest BCUT2D eigenvalue weighted by Crippen LogP contribution is 2.38. The van der Waals surface area contributed by atoms with Gasteiger partial charge in [-0.25, -0.2) is 0 Å². The summed E-state index contributed by atoms with van der Waals surface area (Å²) in [5, 5.41) is 2.83. The smallest absolute Gasteiger partial charge is 0.310 e. The number of ether oxygens (including phenoxy) is 1. The largest absolute Gasteiger partial charge is 0.466 e. The lowest BCUT2D eigenvalue weighted by Gasteiger charge is -2.35. The quantitative estimate of drug-likeness (QED) is 0.696. The number of nitrogens with one attached hydrogen (secondary N) is 1. The lowest BCUT2D eigenvalue weighted by atomic mass is 9.71. The van der Waals surface area contributed by atoms with E-state index in [0.29, 0.717) is 26.1 Å². The van der Waals surface area contributed by atoms with Crippen molar-refractivity contribution in [2.45, 2.75) is 52.4 Å². The standard InChI is InChI=1S/C15H28N2O3/c1-3-20-14(19)12(2)10-17-13(18)9-15(11-16)7-5-4-6-8-15/h12H,3-11,16H2,1-2H3,(H,17,18). The van der Waals surface area contributed by atoms with Gasteiger partial charge in [0.25, 0.3) is 0 Å². The molecule has 1 atom stereocenters. The summed E-state index contributed by atoms with van der Waals surface area (Å²) in [6.45, 7) is 4.80. The molecule has 20 heavy (non-hydrogen) atoms. The summed E-state index contributed by atoms with van der Waals surface area (Å²) in [6.07, 6.45) is 6.09. The van der Waals surface area contributed by atoms with E-state index in [9.17, 15) is 9.59 Å². The second kappa shape index (κ2) is 8.25. The van der Waals surface area contributed by atoms with Crippen LogP contribution in [0.1, 0.15) is 52.4 Å². The van der Waals surface area contributed by atoms with Crippen LogP contribution < -0.4 is 11.1 Å². The molecule has 0 aromatic heterocycles. The van der Waals surface area contributed by atoms with Crippen molar-refractivity contribution in [3.63, 3.8) is 0 Å². The van der Waals surface area contributed by atoms with Crippen LogP contribution in [0.15, 0.2) is 0 Å². The molecular formula is C15H28N2O3. The average molecular weight is 284 g/mol. The Kier molecular flexibility index (Phi) is 6.99. The third-order valence-electron chi connectivity index (χ3n) is 4.18. The normalized spacial score (nSPS) is 19.1. The van der Waals surface area contributed by atoms with Crippen LogP contribution in [0.5, 0.6) is 0 Å². The minimum atomic E-state index is -0.306. The highest BCUT2D eigenvalue weighted by Gasteiger charge is 2.33. The molecule has 0 spiro atoms. The van der Waals surface area contributed by atoms with Crippen LogP contribution in [0.25, 0.3) is 0 Å². The summed E-state index contributed by atoms with van der Waals surface area (Å²) in [7, 11) is 0. The maximum Gasteiger partial charge on any atom is 0.310 e. The van der Waals surface area contributed by atoms with Gasteiger partial charge < -0.3 is 15.8 Å². The first-order valence-electron chi connectivity index (χ1n) is 7.66. The van der Waals surface area contributed by atoms with Crippen LogP contribution in [0, 0.1) is 11.3 Å². The maximum atomic E-state index is 12.0. The zero-order valence-corrected chi connectivity index (χ0v) is 12.7. The first kappa shape index (κ1) is 17.0. The number of carbonyl (C=O) groups excluding carboxylic acids is 2. The molecule has 0 aromatic carbocycles. The van der Waals surface area contributed by atoms with E-state index in [1.165, 1.54) is 6.42 Å². The van der Waals surface area contributed by atoms with Gasteiger partial charge in [-0.1, -0.05) is 26.2 Å². The van der Waals surface area contributed by atoms with Crippen LogP contribution in [-0.2, 0) is 14.3 Å². The average Bonchev–Trinajstić information content (AvgIpc) is 2.46. The topological polar surface area (TPSA) is 81.4 Å². The fourth-order valence-corrected chi connectivity index (χ4v) is 2.79. The third-order valence-corrected chi connectivity index (χ3v) is 4.18. The predicted octanol–water partition coefficient (Wildman–Crippen LogP) is 1.60. The number of carbonyl (C=O) groups is 2. The van der Waals surface area contributed by atoms with Crippen LogP contribution in [-0.4, -0.2) is 31.6 Å². The first-order chi connectivity index (χ1) is 9.53. The Morgan fingerprint density at radius 2 is 1.95 bits per heavy atom. The summed E-state index contributed by atoms with van der Waals surface area (Å²) in [5.74, 6) is -0.577. The van der Waals surface area contributed by atoms with Crippen molar-refractivity contribution in [3.8, 4) is 0 Å². The number of nitrogens with two attached hydrogens (primary N) is 1. The minimum Gasteiger partial charge on any atom is -0.466 e. The summed E-state index contributed by atoms with van der Waals surface area (Å²) in [4.78, 5) is 23.5. The van der Waals surface area contributed by atoms with Gasteiger partial charge in [0.1, 0.15) is 0 Å². The van der Waals surface area contributed by atoms with Crippen molar-refractivity contribution in [1.29, 1.82) is 0 Å². The van der Waals surface area contributed by atoms with Gasteiger partial charge in [0.2, 0.25) is 5.91 Å². The van der Waals surface area contributed by atoms with E-state index >= 15 is 0 Å². The first-order valence-corrected chi connectivity index (χ1v) is 7.66. The Hall–Kier alpha value is -1.10. The second-order valence-corrected chi connectivity index (χ2v) is 5.90. The maximum absolute atomic E-state index is 12.0. The molecule has 116 valence electrons. The van der Waals surface area contributed by atoms with Crippen molar-refractivity contribution in [1.82, 2.24) is 5.32 Å². The Bertz CT molecular complexity index is 325. The predicted molar refractivity (Wildman–Crippen MR) is 78.0 cm³/mol. The molecule has 5 heteroatoms. The SMILES string of the molecule is CCOC(=O)C(C)CNC(=O)CC1(CN)CCCCC1. The van der Waals surface area contributed by atoms with Gasteiger partial charge in [-0.15, -0.1) is 0 Å².